The highest BCUT2D eigenvalue weighted by Crippen LogP contribution is 2.30. The van der Waals surface area contributed by atoms with Crippen LogP contribution in [0.1, 0.15) is 131 Å². The van der Waals surface area contributed by atoms with Gasteiger partial charge in [0.1, 0.15) is 12.1 Å². The van der Waals surface area contributed by atoms with E-state index in [1.54, 1.807) is 30.8 Å². The number of methoxy groups -OCH3 is 2. The van der Waals surface area contributed by atoms with Crippen LogP contribution in [-0.2, 0) is 63.9 Å². The fourth-order valence-electron chi connectivity index (χ4n) is 10.9. The van der Waals surface area contributed by atoms with E-state index in [4.69, 9.17) is 14.3 Å². The molecule has 3 aliphatic rings. The molecule has 3 heterocycles. The summed E-state index contributed by atoms with van der Waals surface area (Å²) in [5.41, 5.74) is 5.75. The molecule has 4 rings (SSSR count). The van der Waals surface area contributed by atoms with Crippen LogP contribution in [0.5, 0.6) is 0 Å². The Morgan fingerprint density at radius 3 is 2.00 bits per heavy atom. The molecule has 0 aliphatic carbocycles. The van der Waals surface area contributed by atoms with E-state index >= 15 is 0 Å². The molecule has 4 N–H and O–H groups in total. The lowest BCUT2D eigenvalue weighted by molar-refractivity contribution is -0.199. The molecule has 21 nitrogen and oxygen atoms in total. The highest BCUT2D eigenvalue weighted by molar-refractivity contribution is 6.12. The van der Waals surface area contributed by atoms with Gasteiger partial charge in [-0.05, 0) is 81.9 Å². The van der Waals surface area contributed by atoms with Gasteiger partial charge in [-0.25, -0.2) is 5.06 Å². The van der Waals surface area contributed by atoms with Crippen LogP contribution in [0.15, 0.2) is 42.5 Å². The number of hydroxylamine groups is 2. The van der Waals surface area contributed by atoms with Crippen LogP contribution in [0.2, 0.25) is 0 Å². The predicted octanol–water partition coefficient (Wildman–Crippen LogP) is 3.70. The SMILES string of the molecule is CCC(C)C(C(CC(=O)N1CCC[C@H]1C(OC)C(C)C(=O)NC(Cc1ccccc1)C(=O)N1CCCCO1)OC)N(C)C(=O)C(NC(=O)C(C(C)C)N(C)CCCC(=O)NNC(=O)CCCCCN1C(=O)C=CC1=O)C(C)C. The van der Waals surface area contributed by atoms with E-state index in [9.17, 15) is 43.2 Å². The molecule has 78 heavy (non-hydrogen) atoms. The number of hydrogen-bond acceptors (Lipinski definition) is 13. The quantitative estimate of drug-likeness (QED) is 0.0472. The Morgan fingerprint density at radius 2 is 1.42 bits per heavy atom. The molecular weight excluding hydrogens is 1000 g/mol. The van der Waals surface area contributed by atoms with E-state index in [1.807, 2.05) is 76.8 Å². The normalized spacial score (nSPS) is 18.8. The molecule has 0 spiro atoms. The average molecular weight is 1090 g/mol. The Kier molecular flexibility index (Phi) is 26.8. The average Bonchev–Trinajstić information content (AvgIpc) is 4.04. The summed E-state index contributed by atoms with van der Waals surface area (Å²) in [7, 11) is 6.53. The summed E-state index contributed by atoms with van der Waals surface area (Å²) in [6.07, 6.45) is 7.17. The Labute approximate surface area is 462 Å². The zero-order chi connectivity index (χ0) is 57.6. The Morgan fingerprint density at radius 1 is 0.769 bits per heavy atom. The number of hydrogen-bond donors (Lipinski definition) is 4. The number of likely N-dealkylation sites (N-methyl/N-ethyl adjacent to an activating group) is 2. The lowest BCUT2D eigenvalue weighted by Crippen LogP contribution is -2.60. The van der Waals surface area contributed by atoms with Gasteiger partial charge < -0.3 is 29.9 Å². The van der Waals surface area contributed by atoms with Crippen molar-refractivity contribution in [1.82, 2.24) is 46.1 Å². The van der Waals surface area contributed by atoms with Crippen LogP contribution in [-0.4, -0.2) is 181 Å². The standard InChI is InChI=1S/C57H91N9O12/c1-12-39(6)52(44(76-10)36-49(71)64-32-21-25-43(64)53(77-11)40(7)54(72)58-42(35-41-23-15-13-16-24-41)56(74)66-33-19-20-34-78-66)63(9)57(75)50(37(2)3)59-55(73)51(38(4)5)62(8)30-22-27-46(68)61-60-45(67)26-17-14-18-31-65-47(69)28-29-48(65)70/h13,15-16,23-24,28-29,37-40,42-44,50-53H,12,14,17-22,25-27,30-36H2,1-11H3,(H,58,72)(H,59,73)(H,60,67)(H,61,68)/t39?,40?,42?,43-,44?,50?,51?,52?,53?/m0/s1. The summed E-state index contributed by atoms with van der Waals surface area (Å²) in [5, 5.41) is 7.41. The van der Waals surface area contributed by atoms with Crippen molar-refractivity contribution in [3.8, 4) is 0 Å². The van der Waals surface area contributed by atoms with E-state index in [2.05, 4.69) is 21.5 Å². The highest BCUT2D eigenvalue weighted by atomic mass is 16.7. The van der Waals surface area contributed by atoms with Crippen molar-refractivity contribution in [2.24, 2.45) is 23.7 Å². The van der Waals surface area contributed by atoms with Gasteiger partial charge in [0, 0.05) is 72.3 Å². The van der Waals surface area contributed by atoms with Gasteiger partial charge in [-0.15, -0.1) is 0 Å². The molecule has 0 aromatic heterocycles. The first-order valence-corrected chi connectivity index (χ1v) is 28.2. The number of amides is 9. The number of hydrazine groups is 1. The van der Waals surface area contributed by atoms with Crippen molar-refractivity contribution in [3.05, 3.63) is 48.0 Å². The van der Waals surface area contributed by atoms with Crippen LogP contribution in [0, 0.1) is 23.7 Å². The minimum atomic E-state index is -0.921. The third kappa shape index (κ3) is 18.7. The maximum Gasteiger partial charge on any atom is 0.269 e. The van der Waals surface area contributed by atoms with Gasteiger partial charge in [0.2, 0.25) is 35.4 Å². The monoisotopic (exact) mass is 1090 g/mol. The lowest BCUT2D eigenvalue weighted by Gasteiger charge is -2.41. The van der Waals surface area contributed by atoms with Crippen molar-refractivity contribution in [2.45, 2.75) is 174 Å². The minimum Gasteiger partial charge on any atom is -0.379 e. The summed E-state index contributed by atoms with van der Waals surface area (Å²) in [6.45, 7) is 15.3. The zero-order valence-corrected chi connectivity index (χ0v) is 48.3. The minimum absolute atomic E-state index is 0.0590. The number of ether oxygens (including phenoxy) is 2. The van der Waals surface area contributed by atoms with Gasteiger partial charge in [-0.3, -0.25) is 68.6 Å². The van der Waals surface area contributed by atoms with Crippen LogP contribution in [0.3, 0.4) is 0 Å². The number of unbranched alkanes of at least 4 members (excludes halogenated alkanes) is 2. The van der Waals surface area contributed by atoms with E-state index in [0.717, 1.165) is 23.3 Å². The van der Waals surface area contributed by atoms with Gasteiger partial charge in [-0.1, -0.05) is 91.6 Å². The fraction of sp³-hybridized carbons (Fsp3) is 0.702. The van der Waals surface area contributed by atoms with Crippen LogP contribution in [0.4, 0.5) is 0 Å². The second-order valence-corrected chi connectivity index (χ2v) is 21.9. The molecule has 1 aromatic carbocycles. The topological polar surface area (TPSA) is 246 Å². The molecule has 2 saturated heterocycles. The maximum absolute atomic E-state index is 14.7. The van der Waals surface area contributed by atoms with Gasteiger partial charge in [0.25, 0.3) is 17.7 Å². The first-order valence-electron chi connectivity index (χ1n) is 28.2. The first kappa shape index (κ1) is 64.8. The number of likely N-dealkylation sites (tertiary alicyclic amines) is 1. The fourth-order valence-corrected chi connectivity index (χ4v) is 10.9. The van der Waals surface area contributed by atoms with Crippen molar-refractivity contribution in [3.63, 3.8) is 0 Å². The molecule has 0 bridgehead atoms. The van der Waals surface area contributed by atoms with Crippen LogP contribution < -0.4 is 21.5 Å². The number of carbonyl (C=O) groups excluding carboxylic acids is 9. The molecule has 9 atom stereocenters. The largest absolute Gasteiger partial charge is 0.379 e. The van der Waals surface area contributed by atoms with Crippen LogP contribution in [0.25, 0.3) is 0 Å². The van der Waals surface area contributed by atoms with Gasteiger partial charge in [0.15, 0.2) is 0 Å². The summed E-state index contributed by atoms with van der Waals surface area (Å²) < 4.78 is 12.2. The molecule has 8 unspecified atom stereocenters. The Bertz CT molecular complexity index is 2170. The number of nitrogens with one attached hydrogen (secondary N) is 4. The molecule has 3 aliphatic heterocycles. The Balaban J connectivity index is 1.34. The van der Waals surface area contributed by atoms with Gasteiger partial charge >= 0.3 is 0 Å². The number of imide groups is 1. The second-order valence-electron chi connectivity index (χ2n) is 21.9. The van der Waals surface area contributed by atoms with E-state index in [0.29, 0.717) is 71.2 Å². The predicted molar refractivity (Wildman–Crippen MR) is 293 cm³/mol. The first-order chi connectivity index (χ1) is 37.1. The summed E-state index contributed by atoms with van der Waals surface area (Å²) in [5.74, 6) is -4.36. The number of rotatable bonds is 31. The zero-order valence-electron chi connectivity index (χ0n) is 48.3. The third-order valence-electron chi connectivity index (χ3n) is 15.5. The lowest BCUT2D eigenvalue weighted by atomic mass is 9.89. The highest BCUT2D eigenvalue weighted by Gasteiger charge is 2.44. The molecule has 2 fully saturated rings. The van der Waals surface area contributed by atoms with Crippen molar-refractivity contribution in [1.29, 1.82) is 0 Å². The van der Waals surface area contributed by atoms with Crippen LogP contribution >= 0.6 is 0 Å². The number of carbonyl (C=O) groups is 9. The van der Waals surface area contributed by atoms with Crippen molar-refractivity contribution in [2.75, 3.05) is 61.1 Å². The smallest absolute Gasteiger partial charge is 0.269 e. The molecule has 0 radical (unpaired) electrons. The molecular formula is C57H91N9O12. The third-order valence-corrected chi connectivity index (χ3v) is 15.5. The molecule has 1 aromatic rings. The summed E-state index contributed by atoms with van der Waals surface area (Å²) in [4.78, 5) is 132. The second kappa shape index (κ2) is 32.3. The summed E-state index contributed by atoms with van der Waals surface area (Å²) >= 11 is 0. The molecule has 436 valence electrons. The number of nitrogens with zero attached hydrogens (tertiary/aromatic N) is 5. The molecule has 21 heteroatoms. The van der Waals surface area contributed by atoms with Crippen molar-refractivity contribution >= 4 is 53.2 Å². The number of benzene rings is 1. The van der Waals surface area contributed by atoms with E-state index in [-0.39, 0.29) is 97.2 Å². The summed E-state index contributed by atoms with van der Waals surface area (Å²) in [6, 6.07) is 6.02. The maximum atomic E-state index is 14.7. The molecule has 0 saturated carbocycles. The van der Waals surface area contributed by atoms with Crippen molar-refractivity contribution < 1.29 is 57.5 Å². The van der Waals surface area contributed by atoms with E-state index < -0.39 is 54.2 Å². The molecule has 9 amide bonds. The van der Waals surface area contributed by atoms with Gasteiger partial charge in [-0.2, -0.15) is 0 Å². The Hall–Kier alpha value is -5.77. The van der Waals surface area contributed by atoms with Gasteiger partial charge in [0.05, 0.1) is 49.3 Å². The van der Waals surface area contributed by atoms with E-state index in [1.165, 1.54) is 31.4 Å².